The molecule has 1 N–H and O–H groups in total. The molecule has 0 saturated heterocycles. The highest BCUT2D eigenvalue weighted by atomic mass is 16.5. The molecule has 0 saturated carbocycles. The lowest BCUT2D eigenvalue weighted by atomic mass is 10.3. The van der Waals surface area contributed by atoms with E-state index in [1.165, 1.54) is 5.69 Å². The van der Waals surface area contributed by atoms with Gasteiger partial charge in [0.25, 0.3) is 0 Å². The Morgan fingerprint density at radius 3 is 2.86 bits per heavy atom. The molecule has 0 unspecified atom stereocenters. The summed E-state index contributed by atoms with van der Waals surface area (Å²) >= 11 is 0. The maximum absolute atomic E-state index is 5.17. The minimum atomic E-state index is 0.902. The average molecular weight is 194 g/mol. The lowest BCUT2D eigenvalue weighted by molar-refractivity contribution is 0.415. The molecule has 0 aliphatic rings. The minimum Gasteiger partial charge on any atom is -0.497 e. The molecule has 0 fully saturated rings. The molecule has 3 nitrogen and oxygen atoms in total. The summed E-state index contributed by atoms with van der Waals surface area (Å²) in [6.07, 6.45) is 0. The van der Waals surface area contributed by atoms with Crippen molar-refractivity contribution in [2.24, 2.45) is 0 Å². The summed E-state index contributed by atoms with van der Waals surface area (Å²) in [7, 11) is 5.72. The molecule has 1 aromatic rings. The Balaban J connectivity index is 2.64. The molecule has 0 radical (unpaired) electrons. The summed E-state index contributed by atoms with van der Waals surface area (Å²) in [5.74, 6) is 0.902. The van der Waals surface area contributed by atoms with E-state index in [2.05, 4.69) is 23.3 Å². The smallest absolute Gasteiger partial charge is 0.120 e. The van der Waals surface area contributed by atoms with Crippen molar-refractivity contribution < 1.29 is 4.74 Å². The molecule has 1 aromatic carbocycles. The van der Waals surface area contributed by atoms with Crippen molar-refractivity contribution >= 4 is 5.69 Å². The third-order valence-corrected chi connectivity index (χ3v) is 2.19. The molecule has 0 heterocycles. The molecule has 0 aliphatic carbocycles. The van der Waals surface area contributed by atoms with Gasteiger partial charge in [0.15, 0.2) is 0 Å². The zero-order valence-corrected chi connectivity index (χ0v) is 9.08. The predicted molar refractivity (Wildman–Crippen MR) is 60.2 cm³/mol. The van der Waals surface area contributed by atoms with Gasteiger partial charge in [0.2, 0.25) is 0 Å². The Morgan fingerprint density at radius 1 is 1.43 bits per heavy atom. The fourth-order valence-electron chi connectivity index (χ4n) is 1.26. The van der Waals surface area contributed by atoms with Gasteiger partial charge in [-0.3, -0.25) is 0 Å². The molecule has 1 rings (SSSR count). The highest BCUT2D eigenvalue weighted by molar-refractivity contribution is 5.50. The second-order valence-corrected chi connectivity index (χ2v) is 3.23. The van der Waals surface area contributed by atoms with E-state index in [0.717, 1.165) is 18.8 Å². The molecule has 0 aliphatic heterocycles. The second kappa shape index (κ2) is 5.50. The van der Waals surface area contributed by atoms with Crippen molar-refractivity contribution in [3.05, 3.63) is 24.3 Å². The topological polar surface area (TPSA) is 24.5 Å². The molecule has 0 aromatic heterocycles. The number of nitrogens with zero attached hydrogens (tertiary/aromatic N) is 1. The van der Waals surface area contributed by atoms with Gasteiger partial charge < -0.3 is 15.0 Å². The van der Waals surface area contributed by atoms with Gasteiger partial charge in [-0.25, -0.2) is 0 Å². The third kappa shape index (κ3) is 2.92. The van der Waals surface area contributed by atoms with Gasteiger partial charge in [0, 0.05) is 31.9 Å². The van der Waals surface area contributed by atoms with Crippen LogP contribution in [0.25, 0.3) is 0 Å². The van der Waals surface area contributed by atoms with Crippen molar-refractivity contribution in [2.45, 2.75) is 0 Å². The van der Waals surface area contributed by atoms with E-state index in [1.54, 1.807) is 7.11 Å². The van der Waals surface area contributed by atoms with E-state index in [4.69, 9.17) is 4.74 Å². The molecule has 0 atom stereocenters. The Bertz CT molecular complexity index is 276. The third-order valence-electron chi connectivity index (χ3n) is 2.19. The van der Waals surface area contributed by atoms with Crippen LogP contribution in [0.5, 0.6) is 5.75 Å². The Hall–Kier alpha value is -1.22. The molecule has 0 spiro atoms. The van der Waals surface area contributed by atoms with Crippen molar-refractivity contribution in [1.82, 2.24) is 5.32 Å². The first-order valence-electron chi connectivity index (χ1n) is 4.77. The maximum atomic E-state index is 5.17. The van der Waals surface area contributed by atoms with Crippen LogP contribution in [-0.4, -0.2) is 34.3 Å². The number of hydrogen-bond acceptors (Lipinski definition) is 3. The zero-order valence-electron chi connectivity index (χ0n) is 9.08. The van der Waals surface area contributed by atoms with Crippen LogP contribution < -0.4 is 15.0 Å². The van der Waals surface area contributed by atoms with Crippen molar-refractivity contribution in [3.8, 4) is 5.75 Å². The van der Waals surface area contributed by atoms with E-state index in [0.29, 0.717) is 0 Å². The zero-order chi connectivity index (χ0) is 10.4. The van der Waals surface area contributed by atoms with Crippen LogP contribution in [0.4, 0.5) is 5.69 Å². The fraction of sp³-hybridized carbons (Fsp3) is 0.455. The van der Waals surface area contributed by atoms with E-state index in [-0.39, 0.29) is 0 Å². The maximum Gasteiger partial charge on any atom is 0.120 e. The summed E-state index contributed by atoms with van der Waals surface area (Å²) in [5.41, 5.74) is 1.18. The van der Waals surface area contributed by atoms with Gasteiger partial charge in [-0.05, 0) is 19.2 Å². The van der Waals surface area contributed by atoms with Gasteiger partial charge in [-0.15, -0.1) is 0 Å². The second-order valence-electron chi connectivity index (χ2n) is 3.23. The summed E-state index contributed by atoms with van der Waals surface area (Å²) < 4.78 is 5.17. The normalized spacial score (nSPS) is 9.93. The Morgan fingerprint density at radius 2 is 2.21 bits per heavy atom. The minimum absolute atomic E-state index is 0.902. The van der Waals surface area contributed by atoms with Crippen LogP contribution >= 0.6 is 0 Å². The van der Waals surface area contributed by atoms with Gasteiger partial charge in [-0.1, -0.05) is 6.07 Å². The van der Waals surface area contributed by atoms with Crippen molar-refractivity contribution in [1.29, 1.82) is 0 Å². The quantitative estimate of drug-likeness (QED) is 0.765. The standard InChI is InChI=1S/C11H18N2O/c1-12-7-8-13(2)10-5-4-6-11(9-10)14-3/h4-6,9,12H,7-8H2,1-3H3. The number of rotatable bonds is 5. The summed E-state index contributed by atoms with van der Waals surface area (Å²) in [6.45, 7) is 1.97. The van der Waals surface area contributed by atoms with E-state index >= 15 is 0 Å². The molecule has 0 bridgehead atoms. The molecule has 78 valence electrons. The van der Waals surface area contributed by atoms with Gasteiger partial charge in [-0.2, -0.15) is 0 Å². The molecule has 0 amide bonds. The van der Waals surface area contributed by atoms with Crippen LogP contribution in [0.1, 0.15) is 0 Å². The van der Waals surface area contributed by atoms with Gasteiger partial charge in [0.05, 0.1) is 7.11 Å². The SMILES string of the molecule is CNCCN(C)c1cccc(OC)c1. The highest BCUT2D eigenvalue weighted by Gasteiger charge is 2.00. The number of ether oxygens (including phenoxy) is 1. The lowest BCUT2D eigenvalue weighted by Crippen LogP contribution is -2.26. The Labute approximate surface area is 85.7 Å². The number of hydrogen-bond donors (Lipinski definition) is 1. The summed E-state index contributed by atoms with van der Waals surface area (Å²) in [5, 5.41) is 3.12. The first-order valence-corrected chi connectivity index (χ1v) is 4.77. The fourth-order valence-corrected chi connectivity index (χ4v) is 1.26. The van der Waals surface area contributed by atoms with Crippen LogP contribution in [-0.2, 0) is 0 Å². The first kappa shape index (κ1) is 10.9. The van der Waals surface area contributed by atoms with Crippen LogP contribution in [0.3, 0.4) is 0 Å². The molecular weight excluding hydrogens is 176 g/mol. The van der Waals surface area contributed by atoms with E-state index < -0.39 is 0 Å². The largest absolute Gasteiger partial charge is 0.497 e. The number of methoxy groups -OCH3 is 1. The molecular formula is C11H18N2O. The number of anilines is 1. The summed E-state index contributed by atoms with van der Waals surface area (Å²) in [6, 6.07) is 8.08. The highest BCUT2D eigenvalue weighted by Crippen LogP contribution is 2.19. The molecule has 14 heavy (non-hydrogen) atoms. The van der Waals surface area contributed by atoms with Crippen LogP contribution in [0.2, 0.25) is 0 Å². The van der Waals surface area contributed by atoms with Crippen LogP contribution in [0, 0.1) is 0 Å². The van der Waals surface area contributed by atoms with Crippen molar-refractivity contribution in [2.75, 3.05) is 39.2 Å². The van der Waals surface area contributed by atoms with Gasteiger partial charge in [0.1, 0.15) is 5.75 Å². The average Bonchev–Trinajstić information content (AvgIpc) is 2.26. The van der Waals surface area contributed by atoms with Crippen LogP contribution in [0.15, 0.2) is 24.3 Å². The predicted octanol–water partition coefficient (Wildman–Crippen LogP) is 1.35. The van der Waals surface area contributed by atoms with Crippen molar-refractivity contribution in [3.63, 3.8) is 0 Å². The number of likely N-dealkylation sites (N-methyl/N-ethyl adjacent to an activating group) is 2. The molecule has 3 heteroatoms. The van der Waals surface area contributed by atoms with E-state index in [1.807, 2.05) is 25.2 Å². The lowest BCUT2D eigenvalue weighted by Gasteiger charge is -2.19. The number of benzene rings is 1. The van der Waals surface area contributed by atoms with Gasteiger partial charge >= 0.3 is 0 Å². The first-order chi connectivity index (χ1) is 6.77. The summed E-state index contributed by atoms with van der Waals surface area (Å²) in [4.78, 5) is 2.19. The monoisotopic (exact) mass is 194 g/mol. The number of nitrogens with one attached hydrogen (secondary N) is 1. The van der Waals surface area contributed by atoms with E-state index in [9.17, 15) is 0 Å². The Kier molecular flexibility index (Phi) is 4.26.